The minimum Gasteiger partial charge on any atom is -0.308 e. The fourth-order valence-corrected chi connectivity index (χ4v) is 3.25. The number of nitrogens with one attached hydrogen (secondary N) is 1. The van der Waals surface area contributed by atoms with Gasteiger partial charge in [-0.25, -0.2) is 0 Å². The van der Waals surface area contributed by atoms with Gasteiger partial charge in [-0.3, -0.25) is 4.68 Å². The zero-order chi connectivity index (χ0) is 14.4. The van der Waals surface area contributed by atoms with Crippen LogP contribution in [-0.4, -0.2) is 15.8 Å². The molecule has 0 aliphatic rings. The molecule has 0 spiro atoms. The molecule has 2 aromatic rings. The van der Waals surface area contributed by atoms with Crippen LogP contribution in [0.2, 0.25) is 0 Å². The van der Waals surface area contributed by atoms with Crippen LogP contribution < -0.4 is 5.32 Å². The highest BCUT2D eigenvalue weighted by Crippen LogP contribution is 2.15. The lowest BCUT2D eigenvalue weighted by molar-refractivity contribution is 0.422. The van der Waals surface area contributed by atoms with Gasteiger partial charge < -0.3 is 5.32 Å². The quantitative estimate of drug-likeness (QED) is 0.796. The molecule has 0 amide bonds. The van der Waals surface area contributed by atoms with Crippen molar-refractivity contribution in [3.8, 4) is 0 Å². The third-order valence-electron chi connectivity index (χ3n) is 3.70. The van der Waals surface area contributed by atoms with Crippen LogP contribution >= 0.6 is 11.3 Å². The maximum Gasteiger partial charge on any atom is 0.0762 e. The topological polar surface area (TPSA) is 29.9 Å². The van der Waals surface area contributed by atoms with Crippen molar-refractivity contribution in [2.75, 3.05) is 0 Å². The smallest absolute Gasteiger partial charge is 0.0762 e. The van der Waals surface area contributed by atoms with Crippen molar-refractivity contribution < 1.29 is 0 Å². The van der Waals surface area contributed by atoms with Crippen molar-refractivity contribution in [1.29, 1.82) is 0 Å². The van der Waals surface area contributed by atoms with Gasteiger partial charge in [0.1, 0.15) is 0 Å². The van der Waals surface area contributed by atoms with Crippen molar-refractivity contribution in [2.45, 2.75) is 58.7 Å². The molecule has 2 heterocycles. The van der Waals surface area contributed by atoms with Crippen LogP contribution in [-0.2, 0) is 13.0 Å². The van der Waals surface area contributed by atoms with Crippen molar-refractivity contribution in [3.63, 3.8) is 0 Å². The second-order valence-electron chi connectivity index (χ2n) is 5.32. The van der Waals surface area contributed by atoms with E-state index in [1.807, 2.05) is 11.3 Å². The predicted molar refractivity (Wildman–Crippen MR) is 86.2 cm³/mol. The number of hydrogen-bond acceptors (Lipinski definition) is 3. The highest BCUT2D eigenvalue weighted by Gasteiger charge is 2.09. The van der Waals surface area contributed by atoms with Gasteiger partial charge >= 0.3 is 0 Å². The van der Waals surface area contributed by atoms with Crippen molar-refractivity contribution in [3.05, 3.63) is 40.3 Å². The van der Waals surface area contributed by atoms with Crippen LogP contribution in [0.3, 0.4) is 0 Å². The average Bonchev–Trinajstić information content (AvgIpc) is 3.10. The summed E-state index contributed by atoms with van der Waals surface area (Å²) in [5.41, 5.74) is 1.13. The van der Waals surface area contributed by atoms with Gasteiger partial charge in [0, 0.05) is 23.7 Å². The van der Waals surface area contributed by atoms with E-state index in [4.69, 9.17) is 0 Å². The molecule has 3 nitrogen and oxygen atoms in total. The molecule has 0 aromatic carbocycles. The van der Waals surface area contributed by atoms with Crippen LogP contribution in [0, 0.1) is 0 Å². The molecule has 0 aliphatic heterocycles. The molecule has 110 valence electrons. The maximum absolute atomic E-state index is 4.68. The molecule has 0 bridgehead atoms. The molecular formula is C16H25N3S. The summed E-state index contributed by atoms with van der Waals surface area (Å²) >= 11 is 1.83. The highest BCUT2D eigenvalue weighted by atomic mass is 32.1. The summed E-state index contributed by atoms with van der Waals surface area (Å²) in [5.74, 6) is 0. The van der Waals surface area contributed by atoms with Gasteiger partial charge in [-0.15, -0.1) is 11.3 Å². The number of hydrogen-bond donors (Lipinski definition) is 1. The summed E-state index contributed by atoms with van der Waals surface area (Å²) in [6.07, 6.45) is 5.48. The lowest BCUT2D eigenvalue weighted by atomic mass is 10.2. The van der Waals surface area contributed by atoms with Crippen LogP contribution in [0.5, 0.6) is 0 Å². The Labute approximate surface area is 126 Å². The largest absolute Gasteiger partial charge is 0.308 e. The summed E-state index contributed by atoms with van der Waals surface area (Å²) in [4.78, 5) is 1.44. The van der Waals surface area contributed by atoms with E-state index in [9.17, 15) is 0 Å². The van der Waals surface area contributed by atoms with Gasteiger partial charge in [-0.05, 0) is 43.7 Å². The molecule has 0 fully saturated rings. The lowest BCUT2D eigenvalue weighted by Crippen LogP contribution is -2.27. The third-order valence-corrected chi connectivity index (χ3v) is 4.60. The monoisotopic (exact) mass is 291 g/mol. The Morgan fingerprint density at radius 3 is 2.75 bits per heavy atom. The zero-order valence-corrected chi connectivity index (χ0v) is 13.5. The molecular weight excluding hydrogens is 266 g/mol. The third kappa shape index (κ3) is 4.18. The van der Waals surface area contributed by atoms with Gasteiger partial charge in [-0.1, -0.05) is 19.9 Å². The van der Waals surface area contributed by atoms with Crippen molar-refractivity contribution in [1.82, 2.24) is 15.1 Å². The molecule has 2 rings (SSSR count). The Morgan fingerprint density at radius 1 is 1.30 bits per heavy atom. The number of nitrogens with zero attached hydrogens (tertiary/aromatic N) is 2. The molecule has 4 heteroatoms. The standard InChI is InChI=1S/C16H25N3S/c1-4-15(5-2)19-9-8-14(18-19)12-17-13(3)11-16-7-6-10-20-16/h6-10,13,15,17H,4-5,11-12H2,1-3H3. The Hall–Kier alpha value is -1.13. The highest BCUT2D eigenvalue weighted by molar-refractivity contribution is 7.09. The first-order chi connectivity index (χ1) is 9.72. The molecule has 1 atom stereocenters. The molecule has 0 saturated carbocycles. The van der Waals surface area contributed by atoms with E-state index in [1.54, 1.807) is 0 Å². The predicted octanol–water partition coefficient (Wildman–Crippen LogP) is 4.03. The summed E-state index contributed by atoms with van der Waals surface area (Å²) in [6.45, 7) is 7.52. The van der Waals surface area contributed by atoms with Gasteiger partial charge in [0.2, 0.25) is 0 Å². The number of rotatable bonds is 8. The molecule has 0 radical (unpaired) electrons. The lowest BCUT2D eigenvalue weighted by Gasteiger charge is -2.13. The normalized spacial score (nSPS) is 13.0. The minimum absolute atomic E-state index is 0.479. The molecule has 2 aromatic heterocycles. The molecule has 1 unspecified atom stereocenters. The summed E-state index contributed by atoms with van der Waals surface area (Å²) in [6, 6.07) is 7.46. The van der Waals surface area contributed by atoms with Crippen LogP contribution in [0.1, 0.15) is 50.2 Å². The molecule has 1 N–H and O–H groups in total. The van der Waals surface area contributed by atoms with Crippen molar-refractivity contribution in [2.24, 2.45) is 0 Å². The SMILES string of the molecule is CCC(CC)n1ccc(CNC(C)Cc2cccs2)n1. The van der Waals surface area contributed by atoms with E-state index in [0.29, 0.717) is 12.1 Å². The van der Waals surface area contributed by atoms with Gasteiger partial charge in [0.15, 0.2) is 0 Å². The van der Waals surface area contributed by atoms with E-state index in [0.717, 1.165) is 31.5 Å². The van der Waals surface area contributed by atoms with E-state index < -0.39 is 0 Å². The Bertz CT molecular complexity index is 486. The van der Waals surface area contributed by atoms with Crippen molar-refractivity contribution >= 4 is 11.3 Å². The van der Waals surface area contributed by atoms with Gasteiger partial charge in [0.05, 0.1) is 11.7 Å². The second kappa shape index (κ2) is 7.60. The molecule has 0 saturated heterocycles. The molecule has 20 heavy (non-hydrogen) atoms. The van der Waals surface area contributed by atoms with Crippen LogP contribution in [0.25, 0.3) is 0 Å². The van der Waals surface area contributed by atoms with E-state index in [-0.39, 0.29) is 0 Å². The van der Waals surface area contributed by atoms with Crippen LogP contribution in [0.4, 0.5) is 0 Å². The Balaban J connectivity index is 1.81. The number of thiophene rings is 1. The fourth-order valence-electron chi connectivity index (χ4n) is 2.42. The zero-order valence-electron chi connectivity index (χ0n) is 12.7. The van der Waals surface area contributed by atoms with Gasteiger partial charge in [-0.2, -0.15) is 5.10 Å². The minimum atomic E-state index is 0.479. The van der Waals surface area contributed by atoms with E-state index >= 15 is 0 Å². The first kappa shape index (κ1) is 15.3. The first-order valence-electron chi connectivity index (χ1n) is 7.52. The number of aromatic nitrogens is 2. The Kier molecular flexibility index (Phi) is 5.80. The maximum atomic E-state index is 4.68. The average molecular weight is 291 g/mol. The first-order valence-corrected chi connectivity index (χ1v) is 8.40. The fraction of sp³-hybridized carbons (Fsp3) is 0.562. The second-order valence-corrected chi connectivity index (χ2v) is 6.36. The van der Waals surface area contributed by atoms with E-state index in [1.165, 1.54) is 4.88 Å². The molecule has 0 aliphatic carbocycles. The summed E-state index contributed by atoms with van der Waals surface area (Å²) in [5, 5.41) is 10.4. The van der Waals surface area contributed by atoms with Gasteiger partial charge in [0.25, 0.3) is 0 Å². The Morgan fingerprint density at radius 2 is 2.10 bits per heavy atom. The van der Waals surface area contributed by atoms with E-state index in [2.05, 4.69) is 65.6 Å². The summed E-state index contributed by atoms with van der Waals surface area (Å²) in [7, 11) is 0. The summed E-state index contributed by atoms with van der Waals surface area (Å²) < 4.78 is 2.11. The van der Waals surface area contributed by atoms with Crippen LogP contribution in [0.15, 0.2) is 29.8 Å².